The molecule has 0 bridgehead atoms. The van der Waals surface area contributed by atoms with E-state index >= 15 is 0 Å². The summed E-state index contributed by atoms with van der Waals surface area (Å²) in [6.07, 6.45) is 0. The van der Waals surface area contributed by atoms with Crippen LogP contribution in [0.5, 0.6) is 0 Å². The van der Waals surface area contributed by atoms with Gasteiger partial charge in [-0.05, 0) is 26.0 Å². The fraction of sp³-hybridized carbons (Fsp3) is 0.286. The fourth-order valence-electron chi connectivity index (χ4n) is 1.93. The van der Waals surface area contributed by atoms with E-state index in [2.05, 4.69) is 5.16 Å². The lowest BCUT2D eigenvalue weighted by molar-refractivity contribution is 0.0785. The Labute approximate surface area is 112 Å². The first-order valence-corrected chi connectivity index (χ1v) is 6.02. The van der Waals surface area contributed by atoms with Gasteiger partial charge < -0.3 is 15.2 Å². The van der Waals surface area contributed by atoms with Crippen molar-refractivity contribution >= 4 is 11.6 Å². The lowest BCUT2D eigenvalue weighted by Crippen LogP contribution is -2.27. The number of aromatic nitrogens is 1. The van der Waals surface area contributed by atoms with Gasteiger partial charge in [0.05, 0.1) is 17.8 Å². The summed E-state index contributed by atoms with van der Waals surface area (Å²) < 4.78 is 5.09. The number of aryl methyl sites for hydroxylation is 2. The number of carbonyl (C=O) groups is 1. The van der Waals surface area contributed by atoms with Crippen LogP contribution in [0, 0.1) is 13.8 Å². The van der Waals surface area contributed by atoms with E-state index < -0.39 is 0 Å². The molecular formula is C14H17N3O2. The molecule has 0 unspecified atom stereocenters. The molecule has 0 aliphatic carbocycles. The molecule has 2 aromatic rings. The Morgan fingerprint density at radius 3 is 2.63 bits per heavy atom. The second kappa shape index (κ2) is 5.14. The van der Waals surface area contributed by atoms with Crippen LogP contribution in [-0.4, -0.2) is 23.0 Å². The molecule has 2 rings (SSSR count). The number of amides is 1. The average molecular weight is 259 g/mol. The summed E-state index contributed by atoms with van der Waals surface area (Å²) in [6.45, 7) is 4.15. The van der Waals surface area contributed by atoms with Gasteiger partial charge in [0.1, 0.15) is 5.76 Å². The molecule has 0 fully saturated rings. The maximum absolute atomic E-state index is 12.3. The van der Waals surface area contributed by atoms with Gasteiger partial charge in [-0.2, -0.15) is 0 Å². The van der Waals surface area contributed by atoms with E-state index in [1.807, 2.05) is 13.8 Å². The maximum atomic E-state index is 12.3. The zero-order chi connectivity index (χ0) is 14.0. The number of hydrogen-bond donors (Lipinski definition) is 1. The minimum atomic E-state index is -0.113. The molecule has 0 saturated heterocycles. The number of carbonyl (C=O) groups excluding carboxylic acids is 1. The van der Waals surface area contributed by atoms with Crippen molar-refractivity contribution in [3.63, 3.8) is 0 Å². The van der Waals surface area contributed by atoms with Crippen LogP contribution in [0.2, 0.25) is 0 Å². The van der Waals surface area contributed by atoms with Crippen LogP contribution in [0.4, 0.5) is 5.69 Å². The third-order valence-corrected chi connectivity index (χ3v) is 3.11. The van der Waals surface area contributed by atoms with E-state index in [-0.39, 0.29) is 5.91 Å². The molecule has 0 spiro atoms. The van der Waals surface area contributed by atoms with Crippen LogP contribution in [0.15, 0.2) is 28.8 Å². The van der Waals surface area contributed by atoms with E-state index in [1.54, 1.807) is 36.2 Å². The van der Waals surface area contributed by atoms with E-state index in [0.29, 0.717) is 17.8 Å². The highest BCUT2D eigenvalue weighted by Crippen LogP contribution is 2.18. The normalized spacial score (nSPS) is 10.5. The van der Waals surface area contributed by atoms with Crippen molar-refractivity contribution in [1.29, 1.82) is 0 Å². The number of nitrogens with zero attached hydrogens (tertiary/aromatic N) is 2. The van der Waals surface area contributed by atoms with Gasteiger partial charge in [-0.1, -0.05) is 17.3 Å². The number of hydrogen-bond acceptors (Lipinski definition) is 4. The molecular weight excluding hydrogens is 242 g/mol. The lowest BCUT2D eigenvalue weighted by Gasteiger charge is -2.18. The van der Waals surface area contributed by atoms with Gasteiger partial charge in [0.25, 0.3) is 5.91 Å². The Hall–Kier alpha value is -2.30. The molecule has 0 saturated carbocycles. The first kappa shape index (κ1) is 13.1. The Morgan fingerprint density at radius 1 is 1.37 bits per heavy atom. The standard InChI is InChI=1S/C14H17N3O2/c1-9-12(10(2)19-16-9)8-17(3)14(18)11-6-4-5-7-13(11)15/h4-7H,8,15H2,1-3H3. The predicted molar refractivity (Wildman–Crippen MR) is 72.6 cm³/mol. The number of rotatable bonds is 3. The number of nitrogen functional groups attached to an aromatic ring is 1. The van der Waals surface area contributed by atoms with Crippen LogP contribution >= 0.6 is 0 Å². The van der Waals surface area contributed by atoms with Gasteiger partial charge in [0.15, 0.2) is 0 Å². The van der Waals surface area contributed by atoms with E-state index in [9.17, 15) is 4.79 Å². The van der Waals surface area contributed by atoms with Crippen LogP contribution in [-0.2, 0) is 6.54 Å². The molecule has 0 radical (unpaired) electrons. The van der Waals surface area contributed by atoms with Gasteiger partial charge >= 0.3 is 0 Å². The maximum Gasteiger partial charge on any atom is 0.255 e. The quantitative estimate of drug-likeness (QED) is 0.857. The third kappa shape index (κ3) is 2.59. The largest absolute Gasteiger partial charge is 0.398 e. The van der Waals surface area contributed by atoms with E-state index in [0.717, 1.165) is 17.0 Å². The van der Waals surface area contributed by atoms with Crippen molar-refractivity contribution in [2.75, 3.05) is 12.8 Å². The number of para-hydroxylation sites is 1. The highest BCUT2D eigenvalue weighted by Gasteiger charge is 2.18. The van der Waals surface area contributed by atoms with Crippen molar-refractivity contribution in [3.05, 3.63) is 46.8 Å². The van der Waals surface area contributed by atoms with E-state index in [1.165, 1.54) is 0 Å². The van der Waals surface area contributed by atoms with Crippen molar-refractivity contribution in [2.45, 2.75) is 20.4 Å². The summed E-state index contributed by atoms with van der Waals surface area (Å²) >= 11 is 0. The minimum absolute atomic E-state index is 0.113. The highest BCUT2D eigenvalue weighted by atomic mass is 16.5. The predicted octanol–water partition coefficient (Wildman–Crippen LogP) is 2.15. The van der Waals surface area contributed by atoms with Gasteiger partial charge in [0.2, 0.25) is 0 Å². The SMILES string of the molecule is Cc1noc(C)c1CN(C)C(=O)c1ccccc1N. The van der Waals surface area contributed by atoms with Gasteiger partial charge in [-0.3, -0.25) is 4.79 Å². The Bertz CT molecular complexity index is 585. The number of benzene rings is 1. The minimum Gasteiger partial charge on any atom is -0.398 e. The second-order valence-electron chi connectivity index (χ2n) is 4.55. The van der Waals surface area contributed by atoms with Crippen LogP contribution in [0.25, 0.3) is 0 Å². The Balaban J connectivity index is 2.19. The van der Waals surface area contributed by atoms with Crippen molar-refractivity contribution in [3.8, 4) is 0 Å². The zero-order valence-corrected chi connectivity index (χ0v) is 11.3. The second-order valence-corrected chi connectivity index (χ2v) is 4.55. The summed E-state index contributed by atoms with van der Waals surface area (Å²) in [5.74, 6) is 0.622. The molecule has 1 amide bonds. The first-order chi connectivity index (χ1) is 9.00. The van der Waals surface area contributed by atoms with E-state index in [4.69, 9.17) is 10.3 Å². The molecule has 0 aliphatic rings. The summed E-state index contributed by atoms with van der Waals surface area (Å²) in [7, 11) is 1.74. The number of anilines is 1. The van der Waals surface area contributed by atoms with Gasteiger partial charge in [-0.15, -0.1) is 0 Å². The summed E-state index contributed by atoms with van der Waals surface area (Å²) in [5, 5.41) is 3.88. The molecule has 2 N–H and O–H groups in total. The van der Waals surface area contributed by atoms with Gasteiger partial charge in [-0.25, -0.2) is 0 Å². The molecule has 100 valence electrons. The van der Waals surface area contributed by atoms with Crippen LogP contribution in [0.1, 0.15) is 27.4 Å². The Kier molecular flexibility index (Phi) is 3.55. The molecule has 1 aromatic carbocycles. The van der Waals surface area contributed by atoms with Crippen molar-refractivity contribution < 1.29 is 9.32 Å². The zero-order valence-electron chi connectivity index (χ0n) is 11.3. The molecule has 5 heteroatoms. The summed E-state index contributed by atoms with van der Waals surface area (Å²) in [5.41, 5.74) is 8.55. The van der Waals surface area contributed by atoms with Crippen molar-refractivity contribution in [2.24, 2.45) is 0 Å². The molecule has 0 atom stereocenters. The summed E-state index contributed by atoms with van der Waals surface area (Å²) in [4.78, 5) is 13.9. The summed E-state index contributed by atoms with van der Waals surface area (Å²) in [6, 6.07) is 7.05. The van der Waals surface area contributed by atoms with Crippen LogP contribution < -0.4 is 5.73 Å². The molecule has 1 aromatic heterocycles. The smallest absolute Gasteiger partial charge is 0.255 e. The van der Waals surface area contributed by atoms with Crippen LogP contribution in [0.3, 0.4) is 0 Å². The number of nitrogens with two attached hydrogens (primary N) is 1. The monoisotopic (exact) mass is 259 g/mol. The lowest BCUT2D eigenvalue weighted by atomic mass is 10.1. The van der Waals surface area contributed by atoms with Gasteiger partial charge in [0, 0.05) is 18.3 Å². The highest BCUT2D eigenvalue weighted by molar-refractivity contribution is 5.98. The van der Waals surface area contributed by atoms with Crippen molar-refractivity contribution in [1.82, 2.24) is 10.1 Å². The third-order valence-electron chi connectivity index (χ3n) is 3.11. The fourth-order valence-corrected chi connectivity index (χ4v) is 1.93. The molecule has 5 nitrogen and oxygen atoms in total. The Morgan fingerprint density at radius 2 is 2.05 bits per heavy atom. The molecule has 0 aliphatic heterocycles. The first-order valence-electron chi connectivity index (χ1n) is 6.02. The molecule has 1 heterocycles. The topological polar surface area (TPSA) is 72.4 Å². The molecule has 19 heavy (non-hydrogen) atoms. The average Bonchev–Trinajstić information content (AvgIpc) is 2.70.